The fourth-order valence-electron chi connectivity index (χ4n) is 2.87. The predicted molar refractivity (Wildman–Crippen MR) is 78.8 cm³/mol. The minimum absolute atomic E-state index is 0.228. The molecule has 2 heterocycles. The number of hydrogen-bond acceptors (Lipinski definition) is 4. The van der Waals surface area contributed by atoms with Gasteiger partial charge in [-0.2, -0.15) is 13.2 Å². The molecule has 7 heteroatoms. The standard InChI is InChI=1S/C15H22F3N3O/c1-3-12-10-21(7-6-20(12)9-11(2)22)13-4-5-19-14(8-13)15(16,17)18/h4-5,8,11-12,22H,3,6-7,9-10H2,1-2H3/t11-,12-/m0/s1. The molecule has 1 N–H and O–H groups in total. The van der Waals surface area contributed by atoms with Crippen LogP contribution in [-0.4, -0.2) is 53.3 Å². The number of aromatic nitrogens is 1. The number of rotatable bonds is 4. The summed E-state index contributed by atoms with van der Waals surface area (Å²) in [6, 6.07) is 2.95. The van der Waals surface area contributed by atoms with E-state index in [0.717, 1.165) is 19.0 Å². The predicted octanol–water partition coefficient (Wildman–Crippen LogP) is 2.38. The fourth-order valence-corrected chi connectivity index (χ4v) is 2.87. The van der Waals surface area contributed by atoms with Crippen molar-refractivity contribution in [3.05, 3.63) is 24.0 Å². The van der Waals surface area contributed by atoms with Crippen molar-refractivity contribution in [3.8, 4) is 0 Å². The first kappa shape index (κ1) is 17.0. The van der Waals surface area contributed by atoms with Gasteiger partial charge in [0.05, 0.1) is 6.10 Å². The number of pyridine rings is 1. The minimum atomic E-state index is -4.42. The fraction of sp³-hybridized carbons (Fsp3) is 0.667. The van der Waals surface area contributed by atoms with Crippen molar-refractivity contribution in [2.24, 2.45) is 0 Å². The summed E-state index contributed by atoms with van der Waals surface area (Å²) < 4.78 is 38.3. The third-order valence-corrected chi connectivity index (χ3v) is 3.97. The Morgan fingerprint density at radius 3 is 2.73 bits per heavy atom. The summed E-state index contributed by atoms with van der Waals surface area (Å²) >= 11 is 0. The number of aliphatic hydroxyl groups is 1. The van der Waals surface area contributed by atoms with Crippen molar-refractivity contribution in [2.45, 2.75) is 38.6 Å². The number of anilines is 1. The van der Waals surface area contributed by atoms with Crippen molar-refractivity contribution in [3.63, 3.8) is 0 Å². The topological polar surface area (TPSA) is 39.6 Å². The molecule has 0 bridgehead atoms. The van der Waals surface area contributed by atoms with Crippen LogP contribution >= 0.6 is 0 Å². The Hall–Kier alpha value is -1.34. The van der Waals surface area contributed by atoms with E-state index >= 15 is 0 Å². The molecule has 1 aliphatic rings. The highest BCUT2D eigenvalue weighted by Gasteiger charge is 2.33. The lowest BCUT2D eigenvalue weighted by molar-refractivity contribution is -0.141. The van der Waals surface area contributed by atoms with Crippen LogP contribution in [-0.2, 0) is 6.18 Å². The smallest absolute Gasteiger partial charge is 0.392 e. The number of halogens is 3. The number of alkyl halides is 3. The van der Waals surface area contributed by atoms with Crippen LogP contribution in [0.4, 0.5) is 18.9 Å². The van der Waals surface area contributed by atoms with Gasteiger partial charge < -0.3 is 10.0 Å². The Kier molecular flexibility index (Phi) is 5.28. The summed E-state index contributed by atoms with van der Waals surface area (Å²) in [4.78, 5) is 7.57. The molecule has 0 aromatic carbocycles. The van der Waals surface area contributed by atoms with Crippen molar-refractivity contribution < 1.29 is 18.3 Å². The van der Waals surface area contributed by atoms with Crippen LogP contribution in [0.15, 0.2) is 18.3 Å². The summed E-state index contributed by atoms with van der Waals surface area (Å²) in [7, 11) is 0. The average molecular weight is 317 g/mol. The first-order valence-electron chi connectivity index (χ1n) is 7.51. The number of piperazine rings is 1. The average Bonchev–Trinajstić information content (AvgIpc) is 2.46. The van der Waals surface area contributed by atoms with Gasteiger partial charge in [0.1, 0.15) is 5.69 Å². The molecule has 0 saturated carbocycles. The van der Waals surface area contributed by atoms with Gasteiger partial charge in [-0.15, -0.1) is 0 Å². The van der Waals surface area contributed by atoms with E-state index in [2.05, 4.69) is 16.8 Å². The highest BCUT2D eigenvalue weighted by molar-refractivity contribution is 5.47. The summed E-state index contributed by atoms with van der Waals surface area (Å²) in [5, 5.41) is 9.54. The van der Waals surface area contributed by atoms with E-state index in [1.807, 2.05) is 4.90 Å². The van der Waals surface area contributed by atoms with Gasteiger partial charge >= 0.3 is 6.18 Å². The molecule has 124 valence electrons. The number of aliphatic hydroxyl groups excluding tert-OH is 1. The van der Waals surface area contributed by atoms with Crippen molar-refractivity contribution in [1.82, 2.24) is 9.88 Å². The van der Waals surface area contributed by atoms with Gasteiger partial charge in [-0.05, 0) is 25.5 Å². The lowest BCUT2D eigenvalue weighted by Gasteiger charge is -2.42. The van der Waals surface area contributed by atoms with Gasteiger partial charge in [-0.1, -0.05) is 6.92 Å². The quantitative estimate of drug-likeness (QED) is 0.925. The minimum Gasteiger partial charge on any atom is -0.392 e. The first-order valence-corrected chi connectivity index (χ1v) is 7.51. The van der Waals surface area contributed by atoms with Gasteiger partial charge in [-0.3, -0.25) is 9.88 Å². The zero-order valence-corrected chi connectivity index (χ0v) is 12.8. The molecule has 1 aliphatic heterocycles. The van der Waals surface area contributed by atoms with Crippen LogP contribution in [0.1, 0.15) is 26.0 Å². The zero-order chi connectivity index (χ0) is 16.3. The molecule has 0 aliphatic carbocycles. The second-order valence-electron chi connectivity index (χ2n) is 5.75. The maximum absolute atomic E-state index is 12.8. The largest absolute Gasteiger partial charge is 0.433 e. The first-order chi connectivity index (χ1) is 10.3. The normalized spacial score (nSPS) is 21.9. The van der Waals surface area contributed by atoms with Crippen LogP contribution in [0, 0.1) is 0 Å². The SMILES string of the molecule is CC[C@H]1CN(c2ccnc(C(F)(F)F)c2)CCN1C[C@H](C)O. The van der Waals surface area contributed by atoms with Crippen LogP contribution in [0.25, 0.3) is 0 Å². The molecule has 1 aromatic heterocycles. The van der Waals surface area contributed by atoms with Crippen LogP contribution in [0.3, 0.4) is 0 Å². The summed E-state index contributed by atoms with van der Waals surface area (Å²) in [5.74, 6) is 0. The Bertz CT molecular complexity index is 493. The third-order valence-electron chi connectivity index (χ3n) is 3.97. The number of β-amino-alcohol motifs (C(OH)–C–C–N with tert-alkyl or cyclic N) is 1. The van der Waals surface area contributed by atoms with Crippen LogP contribution in [0.2, 0.25) is 0 Å². The zero-order valence-electron chi connectivity index (χ0n) is 12.8. The lowest BCUT2D eigenvalue weighted by atomic mass is 10.1. The molecular formula is C15H22F3N3O. The Morgan fingerprint density at radius 2 is 2.14 bits per heavy atom. The lowest BCUT2D eigenvalue weighted by Crippen LogP contribution is -2.54. The summed E-state index contributed by atoms with van der Waals surface area (Å²) in [6.07, 6.45) is -2.73. The van der Waals surface area contributed by atoms with E-state index in [-0.39, 0.29) is 6.04 Å². The van der Waals surface area contributed by atoms with Gasteiger partial charge in [-0.25, -0.2) is 0 Å². The van der Waals surface area contributed by atoms with Gasteiger partial charge in [0.15, 0.2) is 0 Å². The van der Waals surface area contributed by atoms with E-state index in [9.17, 15) is 18.3 Å². The molecule has 1 aromatic rings. The Morgan fingerprint density at radius 1 is 1.41 bits per heavy atom. The maximum Gasteiger partial charge on any atom is 0.433 e. The van der Waals surface area contributed by atoms with E-state index in [1.165, 1.54) is 6.20 Å². The highest BCUT2D eigenvalue weighted by Crippen LogP contribution is 2.30. The highest BCUT2D eigenvalue weighted by atomic mass is 19.4. The summed E-state index contributed by atoms with van der Waals surface area (Å²) in [6.45, 7) is 6.42. The van der Waals surface area contributed by atoms with E-state index < -0.39 is 18.0 Å². The van der Waals surface area contributed by atoms with E-state index in [4.69, 9.17) is 0 Å². The number of hydrogen-bond donors (Lipinski definition) is 1. The molecule has 4 nitrogen and oxygen atoms in total. The van der Waals surface area contributed by atoms with Gasteiger partial charge in [0.25, 0.3) is 0 Å². The second kappa shape index (κ2) is 6.83. The van der Waals surface area contributed by atoms with E-state index in [1.54, 1.807) is 13.0 Å². The molecule has 0 amide bonds. The Balaban J connectivity index is 2.11. The van der Waals surface area contributed by atoms with E-state index in [0.29, 0.717) is 25.3 Å². The molecule has 1 saturated heterocycles. The molecule has 2 atom stereocenters. The maximum atomic E-state index is 12.8. The molecule has 22 heavy (non-hydrogen) atoms. The number of nitrogens with zero attached hydrogens (tertiary/aromatic N) is 3. The van der Waals surface area contributed by atoms with Gasteiger partial charge in [0, 0.05) is 44.1 Å². The van der Waals surface area contributed by atoms with Crippen LogP contribution in [0.5, 0.6) is 0 Å². The van der Waals surface area contributed by atoms with Crippen molar-refractivity contribution in [2.75, 3.05) is 31.1 Å². The molecule has 0 radical (unpaired) electrons. The van der Waals surface area contributed by atoms with Crippen molar-refractivity contribution in [1.29, 1.82) is 0 Å². The van der Waals surface area contributed by atoms with Crippen LogP contribution < -0.4 is 4.90 Å². The van der Waals surface area contributed by atoms with Crippen molar-refractivity contribution >= 4 is 5.69 Å². The van der Waals surface area contributed by atoms with Gasteiger partial charge in [0.2, 0.25) is 0 Å². The Labute approximate surface area is 128 Å². The molecule has 0 spiro atoms. The molecular weight excluding hydrogens is 295 g/mol. The molecule has 2 rings (SSSR count). The third kappa shape index (κ3) is 4.10. The molecule has 0 unspecified atom stereocenters. The monoisotopic (exact) mass is 317 g/mol. The second-order valence-corrected chi connectivity index (χ2v) is 5.75. The molecule has 1 fully saturated rings. The summed E-state index contributed by atoms with van der Waals surface area (Å²) in [5.41, 5.74) is -0.304.